The van der Waals surface area contributed by atoms with Gasteiger partial charge in [-0.15, -0.1) is 0 Å². The van der Waals surface area contributed by atoms with Crippen molar-refractivity contribution in [3.63, 3.8) is 0 Å². The lowest BCUT2D eigenvalue weighted by Crippen LogP contribution is -2.15. The number of ether oxygens (including phenoxy) is 1. The highest BCUT2D eigenvalue weighted by Gasteiger charge is 2.30. The number of hydrogen-bond acceptors (Lipinski definition) is 3. The molecule has 0 saturated heterocycles. The first-order valence-electron chi connectivity index (χ1n) is 7.70. The molecule has 0 aliphatic heterocycles. The van der Waals surface area contributed by atoms with E-state index in [9.17, 15) is 14.3 Å². The van der Waals surface area contributed by atoms with Crippen LogP contribution in [-0.2, 0) is 4.79 Å². The molecule has 1 atom stereocenters. The summed E-state index contributed by atoms with van der Waals surface area (Å²) in [6, 6.07) is 10.8. The molecule has 2 N–H and O–H groups in total. The quantitative estimate of drug-likeness (QED) is 0.830. The van der Waals surface area contributed by atoms with Crippen LogP contribution in [0.2, 0.25) is 5.02 Å². The van der Waals surface area contributed by atoms with Crippen LogP contribution < -0.4 is 10.1 Å². The van der Waals surface area contributed by atoms with Gasteiger partial charge in [0.2, 0.25) is 5.91 Å². The first-order chi connectivity index (χ1) is 11.5. The van der Waals surface area contributed by atoms with Crippen LogP contribution in [0.4, 0.5) is 10.1 Å². The summed E-state index contributed by atoms with van der Waals surface area (Å²) in [5.74, 6) is 0.0589. The Morgan fingerprint density at radius 3 is 2.79 bits per heavy atom. The third-order valence-corrected chi connectivity index (χ3v) is 4.14. The maximum Gasteiger partial charge on any atom is 0.227 e. The van der Waals surface area contributed by atoms with Gasteiger partial charge in [-0.1, -0.05) is 29.8 Å². The Morgan fingerprint density at radius 1 is 1.33 bits per heavy atom. The standard InChI is InChI=1S/C18H17ClFNO3/c19-14-9-12(20)7-8-13(14)16(22)10-24-17-4-2-1-3-15(17)21-18(23)11-5-6-11/h1-4,7-9,11,16,22H,5-6,10H2,(H,21,23)/t16-/m0/s1. The minimum absolute atomic E-state index is 0.0202. The zero-order valence-electron chi connectivity index (χ0n) is 12.8. The smallest absolute Gasteiger partial charge is 0.227 e. The van der Waals surface area contributed by atoms with Gasteiger partial charge in [-0.05, 0) is 37.1 Å². The summed E-state index contributed by atoms with van der Waals surface area (Å²) in [7, 11) is 0. The molecule has 1 saturated carbocycles. The van der Waals surface area contributed by atoms with E-state index in [2.05, 4.69) is 5.32 Å². The van der Waals surface area contributed by atoms with E-state index in [1.54, 1.807) is 24.3 Å². The monoisotopic (exact) mass is 349 g/mol. The summed E-state index contributed by atoms with van der Waals surface area (Å²) in [5, 5.41) is 13.2. The van der Waals surface area contributed by atoms with Gasteiger partial charge in [0.05, 0.1) is 5.69 Å². The lowest BCUT2D eigenvalue weighted by Gasteiger charge is -2.16. The van der Waals surface area contributed by atoms with E-state index in [1.807, 2.05) is 0 Å². The average molecular weight is 350 g/mol. The van der Waals surface area contributed by atoms with Crippen LogP contribution >= 0.6 is 11.6 Å². The van der Waals surface area contributed by atoms with Gasteiger partial charge in [-0.3, -0.25) is 4.79 Å². The molecule has 3 rings (SSSR count). The Bertz CT molecular complexity index is 749. The number of carbonyl (C=O) groups is 1. The number of para-hydroxylation sites is 2. The summed E-state index contributed by atoms with van der Waals surface area (Å²) in [6.45, 7) is -0.0678. The van der Waals surface area contributed by atoms with Crippen LogP contribution in [-0.4, -0.2) is 17.6 Å². The maximum absolute atomic E-state index is 13.1. The van der Waals surface area contributed by atoms with Crippen LogP contribution in [0.3, 0.4) is 0 Å². The number of nitrogens with one attached hydrogen (secondary N) is 1. The van der Waals surface area contributed by atoms with Gasteiger partial charge >= 0.3 is 0 Å². The molecule has 0 spiro atoms. The highest BCUT2D eigenvalue weighted by molar-refractivity contribution is 6.31. The third-order valence-electron chi connectivity index (χ3n) is 3.81. The molecule has 1 fully saturated rings. The van der Waals surface area contributed by atoms with Gasteiger partial charge in [0.25, 0.3) is 0 Å². The van der Waals surface area contributed by atoms with E-state index in [0.717, 1.165) is 18.9 Å². The third kappa shape index (κ3) is 4.04. The number of halogens is 2. The number of aliphatic hydroxyl groups is 1. The molecule has 1 aliphatic carbocycles. The van der Waals surface area contributed by atoms with Gasteiger partial charge in [-0.25, -0.2) is 4.39 Å². The molecular formula is C18H17ClFNO3. The van der Waals surface area contributed by atoms with Crippen molar-refractivity contribution in [1.82, 2.24) is 0 Å². The summed E-state index contributed by atoms with van der Waals surface area (Å²) < 4.78 is 18.7. The van der Waals surface area contributed by atoms with Crippen molar-refractivity contribution in [2.24, 2.45) is 5.92 Å². The molecule has 1 aliphatic rings. The number of hydrogen-bond donors (Lipinski definition) is 2. The number of anilines is 1. The number of carbonyl (C=O) groups excluding carboxylic acids is 1. The first kappa shape index (κ1) is 16.7. The molecule has 0 aromatic heterocycles. The van der Waals surface area contributed by atoms with E-state index in [0.29, 0.717) is 17.0 Å². The second-order valence-electron chi connectivity index (χ2n) is 5.75. The molecule has 0 bridgehead atoms. The van der Waals surface area contributed by atoms with Gasteiger partial charge in [0.1, 0.15) is 24.3 Å². The minimum atomic E-state index is -1.01. The van der Waals surface area contributed by atoms with Crippen molar-refractivity contribution in [2.45, 2.75) is 18.9 Å². The number of rotatable bonds is 6. The number of benzene rings is 2. The van der Waals surface area contributed by atoms with Crippen LogP contribution in [0.15, 0.2) is 42.5 Å². The maximum atomic E-state index is 13.1. The lowest BCUT2D eigenvalue weighted by molar-refractivity contribution is -0.117. The molecule has 1 amide bonds. The summed E-state index contributed by atoms with van der Waals surface area (Å²) in [4.78, 5) is 11.9. The van der Waals surface area contributed by atoms with Gasteiger partial charge in [-0.2, -0.15) is 0 Å². The predicted octanol–water partition coefficient (Wildman–Crippen LogP) is 3.94. The molecule has 4 nitrogen and oxygen atoms in total. The fourth-order valence-corrected chi connectivity index (χ4v) is 2.60. The Kier molecular flexibility index (Phi) is 5.02. The molecular weight excluding hydrogens is 333 g/mol. The molecule has 126 valence electrons. The second-order valence-corrected chi connectivity index (χ2v) is 6.16. The van der Waals surface area contributed by atoms with Crippen molar-refractivity contribution in [2.75, 3.05) is 11.9 Å². The molecule has 0 radical (unpaired) electrons. The molecule has 24 heavy (non-hydrogen) atoms. The van der Waals surface area contributed by atoms with Crippen molar-refractivity contribution < 1.29 is 19.0 Å². The molecule has 0 heterocycles. The highest BCUT2D eigenvalue weighted by atomic mass is 35.5. The SMILES string of the molecule is O=C(Nc1ccccc1OC[C@H](O)c1ccc(F)cc1Cl)C1CC1. The number of aliphatic hydroxyl groups excluding tert-OH is 1. The van der Waals surface area contributed by atoms with Crippen LogP contribution in [0.1, 0.15) is 24.5 Å². The topological polar surface area (TPSA) is 58.6 Å². The Morgan fingerprint density at radius 2 is 2.08 bits per heavy atom. The zero-order chi connectivity index (χ0) is 17.1. The fourth-order valence-electron chi connectivity index (χ4n) is 2.31. The first-order valence-corrected chi connectivity index (χ1v) is 8.08. The normalized spacial score (nSPS) is 15.0. The summed E-state index contributed by atoms with van der Waals surface area (Å²) in [6.07, 6.45) is 0.818. The lowest BCUT2D eigenvalue weighted by atomic mass is 10.1. The largest absolute Gasteiger partial charge is 0.488 e. The van der Waals surface area contributed by atoms with Crippen LogP contribution in [0.5, 0.6) is 5.75 Å². The van der Waals surface area contributed by atoms with Crippen LogP contribution in [0, 0.1) is 11.7 Å². The Balaban J connectivity index is 1.66. The van der Waals surface area contributed by atoms with Gasteiger partial charge in [0.15, 0.2) is 0 Å². The number of amides is 1. The summed E-state index contributed by atoms with van der Waals surface area (Å²) >= 11 is 5.94. The van der Waals surface area contributed by atoms with Crippen LogP contribution in [0.25, 0.3) is 0 Å². The van der Waals surface area contributed by atoms with E-state index >= 15 is 0 Å². The van der Waals surface area contributed by atoms with E-state index in [-0.39, 0.29) is 23.5 Å². The minimum Gasteiger partial charge on any atom is -0.488 e. The molecule has 2 aromatic carbocycles. The predicted molar refractivity (Wildman–Crippen MR) is 89.7 cm³/mol. The molecule has 2 aromatic rings. The highest BCUT2D eigenvalue weighted by Crippen LogP contribution is 2.32. The molecule has 0 unspecified atom stereocenters. The summed E-state index contributed by atoms with van der Waals surface area (Å²) in [5.41, 5.74) is 0.948. The Hall–Kier alpha value is -2.11. The zero-order valence-corrected chi connectivity index (χ0v) is 13.6. The second kappa shape index (κ2) is 7.20. The van der Waals surface area contributed by atoms with Crippen molar-refractivity contribution in [3.05, 3.63) is 58.9 Å². The van der Waals surface area contributed by atoms with E-state index < -0.39 is 11.9 Å². The van der Waals surface area contributed by atoms with Crippen molar-refractivity contribution >= 4 is 23.2 Å². The van der Waals surface area contributed by atoms with E-state index in [1.165, 1.54) is 12.1 Å². The van der Waals surface area contributed by atoms with Gasteiger partial charge < -0.3 is 15.2 Å². The fraction of sp³-hybridized carbons (Fsp3) is 0.278. The van der Waals surface area contributed by atoms with Gasteiger partial charge in [0, 0.05) is 16.5 Å². The molecule has 6 heteroatoms. The van der Waals surface area contributed by atoms with Crippen molar-refractivity contribution in [1.29, 1.82) is 0 Å². The van der Waals surface area contributed by atoms with Crippen molar-refractivity contribution in [3.8, 4) is 5.75 Å². The average Bonchev–Trinajstić information content (AvgIpc) is 3.38. The Labute approximate surface area is 144 Å². The van der Waals surface area contributed by atoms with E-state index in [4.69, 9.17) is 16.3 Å².